The lowest BCUT2D eigenvalue weighted by Crippen LogP contribution is -2.30. The van der Waals surface area contributed by atoms with E-state index in [1.807, 2.05) is 0 Å². The molecule has 1 atom stereocenters. The molecular formula is C37H29N. The SMILES string of the molecule is C=C1/C=C\C=C/CC2(c3cc(C)ccc3-c3c2ccc2ccccc32)c2ccccc2N1c1ccccc1. The lowest BCUT2D eigenvalue weighted by molar-refractivity contribution is 0.644. The molecule has 0 bridgehead atoms. The van der Waals surface area contributed by atoms with Gasteiger partial charge < -0.3 is 4.90 Å². The van der Waals surface area contributed by atoms with Crippen molar-refractivity contribution < 1.29 is 0 Å². The zero-order chi connectivity index (χ0) is 25.7. The highest BCUT2D eigenvalue weighted by molar-refractivity contribution is 6.03. The summed E-state index contributed by atoms with van der Waals surface area (Å²) in [4.78, 5) is 2.31. The average Bonchev–Trinajstić information content (AvgIpc) is 3.23. The maximum absolute atomic E-state index is 4.51. The molecule has 1 unspecified atom stereocenters. The molecule has 5 aromatic carbocycles. The minimum Gasteiger partial charge on any atom is -0.311 e. The Hall–Kier alpha value is -4.62. The van der Waals surface area contributed by atoms with Gasteiger partial charge in [0.25, 0.3) is 0 Å². The molecule has 5 aromatic rings. The van der Waals surface area contributed by atoms with Crippen LogP contribution in [0.3, 0.4) is 0 Å². The summed E-state index contributed by atoms with van der Waals surface area (Å²) >= 11 is 0. The zero-order valence-corrected chi connectivity index (χ0v) is 21.6. The molecule has 1 nitrogen and oxygen atoms in total. The quantitative estimate of drug-likeness (QED) is 0.227. The van der Waals surface area contributed by atoms with Gasteiger partial charge in [0.15, 0.2) is 0 Å². The highest BCUT2D eigenvalue weighted by Crippen LogP contribution is 2.58. The molecule has 0 saturated heterocycles. The second-order valence-electron chi connectivity index (χ2n) is 10.3. The highest BCUT2D eigenvalue weighted by atomic mass is 15.1. The van der Waals surface area contributed by atoms with E-state index in [-0.39, 0.29) is 5.41 Å². The summed E-state index contributed by atoms with van der Waals surface area (Å²) in [6.45, 7) is 6.71. The van der Waals surface area contributed by atoms with Crippen molar-refractivity contribution in [1.29, 1.82) is 0 Å². The van der Waals surface area contributed by atoms with Crippen molar-refractivity contribution in [3.63, 3.8) is 0 Å². The van der Waals surface area contributed by atoms with E-state index in [9.17, 15) is 0 Å². The first-order valence-corrected chi connectivity index (χ1v) is 13.3. The molecule has 7 rings (SSSR count). The maximum Gasteiger partial charge on any atom is 0.0519 e. The average molecular weight is 488 g/mol. The van der Waals surface area contributed by atoms with Gasteiger partial charge in [-0.1, -0.05) is 121 Å². The largest absolute Gasteiger partial charge is 0.311 e. The number of benzene rings is 5. The van der Waals surface area contributed by atoms with E-state index in [2.05, 4.69) is 152 Å². The van der Waals surface area contributed by atoms with Gasteiger partial charge in [0.1, 0.15) is 0 Å². The molecule has 0 fully saturated rings. The van der Waals surface area contributed by atoms with Crippen LogP contribution in [0.1, 0.15) is 28.7 Å². The Morgan fingerprint density at radius 2 is 1.50 bits per heavy atom. The van der Waals surface area contributed by atoms with E-state index in [0.717, 1.165) is 23.5 Å². The van der Waals surface area contributed by atoms with E-state index in [4.69, 9.17) is 0 Å². The van der Waals surface area contributed by atoms with Crippen molar-refractivity contribution in [3.8, 4) is 11.1 Å². The van der Waals surface area contributed by atoms with Crippen LogP contribution in [0.15, 0.2) is 146 Å². The Bertz CT molecular complexity index is 1770. The number of allylic oxidation sites excluding steroid dienone is 4. The summed E-state index contributed by atoms with van der Waals surface area (Å²) in [5, 5.41) is 2.59. The van der Waals surface area contributed by atoms with Gasteiger partial charge >= 0.3 is 0 Å². The molecule has 2 aliphatic rings. The van der Waals surface area contributed by atoms with Crippen molar-refractivity contribution in [2.24, 2.45) is 0 Å². The molecule has 1 heterocycles. The zero-order valence-electron chi connectivity index (χ0n) is 21.6. The van der Waals surface area contributed by atoms with E-state index in [1.165, 1.54) is 44.2 Å². The summed E-state index contributed by atoms with van der Waals surface area (Å²) in [7, 11) is 0. The van der Waals surface area contributed by atoms with Gasteiger partial charge in [-0.25, -0.2) is 0 Å². The normalized spacial score (nSPS) is 19.6. The van der Waals surface area contributed by atoms with Crippen LogP contribution in [0.4, 0.5) is 11.4 Å². The Labute approximate surface area is 224 Å². The second kappa shape index (κ2) is 8.75. The van der Waals surface area contributed by atoms with Crippen LogP contribution >= 0.6 is 0 Å². The lowest BCUT2D eigenvalue weighted by Gasteiger charge is -2.38. The summed E-state index contributed by atoms with van der Waals surface area (Å²) < 4.78 is 0. The number of hydrogen-bond donors (Lipinski definition) is 0. The molecule has 38 heavy (non-hydrogen) atoms. The summed E-state index contributed by atoms with van der Waals surface area (Å²) in [5.41, 5.74) is 10.9. The van der Waals surface area contributed by atoms with Gasteiger partial charge in [0.2, 0.25) is 0 Å². The fourth-order valence-corrected chi connectivity index (χ4v) is 6.54. The number of rotatable bonds is 1. The molecule has 1 aliphatic heterocycles. The molecule has 0 aromatic heterocycles. The Kier molecular flexibility index (Phi) is 5.19. The number of hydrogen-bond acceptors (Lipinski definition) is 1. The number of fused-ring (bicyclic) bond motifs is 9. The van der Waals surface area contributed by atoms with Gasteiger partial charge in [-0.2, -0.15) is 0 Å². The smallest absolute Gasteiger partial charge is 0.0519 e. The molecular weight excluding hydrogens is 458 g/mol. The van der Waals surface area contributed by atoms with Crippen LogP contribution < -0.4 is 4.90 Å². The van der Waals surface area contributed by atoms with Crippen molar-refractivity contribution in [1.82, 2.24) is 0 Å². The molecule has 0 saturated carbocycles. The van der Waals surface area contributed by atoms with Crippen molar-refractivity contribution >= 4 is 22.1 Å². The van der Waals surface area contributed by atoms with Crippen molar-refractivity contribution in [3.05, 3.63) is 168 Å². The highest BCUT2D eigenvalue weighted by Gasteiger charge is 2.46. The van der Waals surface area contributed by atoms with Crippen molar-refractivity contribution in [2.45, 2.75) is 18.8 Å². The topological polar surface area (TPSA) is 3.24 Å². The van der Waals surface area contributed by atoms with Crippen LogP contribution in [0, 0.1) is 6.92 Å². The van der Waals surface area contributed by atoms with E-state index in [1.54, 1.807) is 0 Å². The predicted octanol–water partition coefficient (Wildman–Crippen LogP) is 9.63. The summed E-state index contributed by atoms with van der Waals surface area (Å²) in [5.74, 6) is 0. The van der Waals surface area contributed by atoms with Crippen LogP contribution in [-0.4, -0.2) is 0 Å². The van der Waals surface area contributed by atoms with Gasteiger partial charge in [0, 0.05) is 11.4 Å². The number of aryl methyl sites for hydroxylation is 1. The molecule has 0 amide bonds. The second-order valence-corrected chi connectivity index (χ2v) is 10.3. The fourth-order valence-electron chi connectivity index (χ4n) is 6.54. The molecule has 1 spiro atoms. The van der Waals surface area contributed by atoms with Gasteiger partial charge in [-0.15, -0.1) is 0 Å². The monoisotopic (exact) mass is 487 g/mol. The Morgan fingerprint density at radius 1 is 0.711 bits per heavy atom. The summed E-state index contributed by atoms with van der Waals surface area (Å²) in [6, 6.07) is 40.0. The third-order valence-corrected chi connectivity index (χ3v) is 8.16. The minimum atomic E-state index is -0.341. The van der Waals surface area contributed by atoms with Crippen LogP contribution in [-0.2, 0) is 5.41 Å². The number of anilines is 2. The lowest BCUT2D eigenvalue weighted by atomic mass is 9.68. The molecule has 1 heteroatoms. The van der Waals surface area contributed by atoms with Gasteiger partial charge in [-0.05, 0) is 76.2 Å². The summed E-state index contributed by atoms with van der Waals surface area (Å²) in [6.07, 6.45) is 9.60. The fraction of sp³-hybridized carbons (Fsp3) is 0.0811. The third kappa shape index (κ3) is 3.25. The van der Waals surface area contributed by atoms with Gasteiger partial charge in [0.05, 0.1) is 11.1 Å². The first kappa shape index (κ1) is 22.6. The third-order valence-electron chi connectivity index (χ3n) is 8.16. The van der Waals surface area contributed by atoms with Gasteiger partial charge in [-0.3, -0.25) is 0 Å². The first-order chi connectivity index (χ1) is 18.7. The number of nitrogens with zero attached hydrogens (tertiary/aromatic N) is 1. The van der Waals surface area contributed by atoms with Crippen molar-refractivity contribution in [2.75, 3.05) is 4.90 Å². The van der Waals surface area contributed by atoms with Crippen LogP contribution in [0.25, 0.3) is 21.9 Å². The Balaban J connectivity index is 1.63. The molecule has 0 radical (unpaired) electrons. The van der Waals surface area contributed by atoms with Crippen LogP contribution in [0.2, 0.25) is 0 Å². The predicted molar refractivity (Wildman–Crippen MR) is 161 cm³/mol. The van der Waals surface area contributed by atoms with E-state index >= 15 is 0 Å². The first-order valence-electron chi connectivity index (χ1n) is 13.3. The van der Waals surface area contributed by atoms with Crippen LogP contribution in [0.5, 0.6) is 0 Å². The molecule has 182 valence electrons. The maximum atomic E-state index is 4.51. The van der Waals surface area contributed by atoms with E-state index < -0.39 is 0 Å². The molecule has 1 aliphatic carbocycles. The number of para-hydroxylation sites is 2. The van der Waals surface area contributed by atoms with E-state index in [0.29, 0.717) is 0 Å². The standard InChI is InChI=1S/C37H29N/c1-26-20-22-31-34(25-26)37(33-23-21-28-14-8-9-17-30(28)36(31)33)24-12-4-5-13-27(2)38(29-15-6-3-7-16-29)35-19-11-10-18-32(35)37/h3-23,25H,2,24H2,1H3/b12-4-,13-5-. The molecule has 0 N–H and O–H groups in total. The minimum absolute atomic E-state index is 0.341. The Morgan fingerprint density at radius 3 is 2.39 bits per heavy atom.